The van der Waals surface area contributed by atoms with Gasteiger partial charge in [0.2, 0.25) is 0 Å². The Balaban J connectivity index is 2.19. The molecule has 0 aliphatic carbocycles. The van der Waals surface area contributed by atoms with Crippen molar-refractivity contribution in [2.75, 3.05) is 31.6 Å². The first kappa shape index (κ1) is 13.2. The first-order valence-corrected chi connectivity index (χ1v) is 6.36. The minimum atomic E-state index is -4.53. The van der Waals surface area contributed by atoms with E-state index in [0.717, 1.165) is 6.07 Å². The van der Waals surface area contributed by atoms with Crippen LogP contribution >= 0.6 is 0 Å². The fraction of sp³-hybridized carbons (Fsp3) is 0.462. The number of amides is 1. The van der Waals surface area contributed by atoms with Crippen LogP contribution in [0.5, 0.6) is 0 Å². The van der Waals surface area contributed by atoms with Crippen LogP contribution in [0.1, 0.15) is 15.9 Å². The van der Waals surface area contributed by atoms with Gasteiger partial charge in [-0.25, -0.2) is 0 Å². The van der Waals surface area contributed by atoms with Crippen LogP contribution in [0.15, 0.2) is 18.2 Å². The minimum Gasteiger partial charge on any atom is -0.348 e. The Morgan fingerprint density at radius 3 is 2.80 bits per heavy atom. The quantitative estimate of drug-likeness (QED) is 0.785. The van der Waals surface area contributed by atoms with Crippen LogP contribution in [0.2, 0.25) is 0 Å². The molecule has 1 atom stereocenters. The number of nitrogens with zero attached hydrogens (tertiary/aromatic N) is 2. The Morgan fingerprint density at radius 1 is 1.35 bits per heavy atom. The van der Waals surface area contributed by atoms with E-state index in [1.165, 1.54) is 11.0 Å². The number of piperazine rings is 1. The highest BCUT2D eigenvalue weighted by molar-refractivity contribution is 6.03. The summed E-state index contributed by atoms with van der Waals surface area (Å²) in [6, 6.07) is 3.92. The lowest BCUT2D eigenvalue weighted by Crippen LogP contribution is -2.62. The summed E-state index contributed by atoms with van der Waals surface area (Å²) in [6.07, 6.45) is -4.75. The molecule has 0 saturated carbocycles. The van der Waals surface area contributed by atoms with Crippen LogP contribution in [-0.4, -0.2) is 43.7 Å². The highest BCUT2D eigenvalue weighted by Gasteiger charge is 2.43. The van der Waals surface area contributed by atoms with Crippen molar-refractivity contribution in [3.8, 4) is 0 Å². The van der Waals surface area contributed by atoms with E-state index in [2.05, 4.69) is 5.32 Å². The zero-order valence-electron chi connectivity index (χ0n) is 10.9. The van der Waals surface area contributed by atoms with Gasteiger partial charge >= 0.3 is 6.18 Å². The summed E-state index contributed by atoms with van der Waals surface area (Å²) < 4.78 is 39.3. The van der Waals surface area contributed by atoms with E-state index in [-0.39, 0.29) is 11.7 Å². The molecule has 0 radical (unpaired) electrons. The Hall–Kier alpha value is -1.76. The molecule has 108 valence electrons. The molecule has 20 heavy (non-hydrogen) atoms. The van der Waals surface area contributed by atoms with Crippen molar-refractivity contribution in [2.45, 2.75) is 12.3 Å². The molecule has 7 heteroatoms. The van der Waals surface area contributed by atoms with Crippen LogP contribution < -0.4 is 10.2 Å². The lowest BCUT2D eigenvalue weighted by Gasteiger charge is -2.47. The molecule has 0 unspecified atom stereocenters. The van der Waals surface area contributed by atoms with E-state index >= 15 is 0 Å². The van der Waals surface area contributed by atoms with Gasteiger partial charge < -0.3 is 15.1 Å². The highest BCUT2D eigenvalue weighted by Crippen LogP contribution is 2.40. The first-order chi connectivity index (χ1) is 9.41. The van der Waals surface area contributed by atoms with E-state index in [9.17, 15) is 18.0 Å². The predicted octanol–water partition coefficient (Wildman–Crippen LogP) is 1.53. The number of fused-ring (bicyclic) bond motifs is 3. The summed E-state index contributed by atoms with van der Waals surface area (Å²) in [4.78, 5) is 15.6. The number of alkyl halides is 3. The summed E-state index contributed by atoms with van der Waals surface area (Å²) in [7, 11) is 1.54. The van der Waals surface area contributed by atoms with Crippen LogP contribution in [0.25, 0.3) is 0 Å². The predicted molar refractivity (Wildman–Crippen MR) is 67.5 cm³/mol. The van der Waals surface area contributed by atoms with Gasteiger partial charge in [-0.2, -0.15) is 13.2 Å². The molecule has 1 aromatic carbocycles. The smallest absolute Gasteiger partial charge is 0.348 e. The molecule has 1 N–H and O–H groups in total. The molecule has 0 spiro atoms. The number of carbonyl (C=O) groups is 1. The number of benzene rings is 1. The molecular weight excluding hydrogens is 271 g/mol. The van der Waals surface area contributed by atoms with Crippen molar-refractivity contribution >= 4 is 11.6 Å². The van der Waals surface area contributed by atoms with Gasteiger partial charge in [-0.15, -0.1) is 0 Å². The molecule has 4 nitrogen and oxygen atoms in total. The van der Waals surface area contributed by atoms with E-state index in [4.69, 9.17) is 0 Å². The van der Waals surface area contributed by atoms with Gasteiger partial charge in [0.25, 0.3) is 5.91 Å². The Morgan fingerprint density at radius 2 is 2.10 bits per heavy atom. The first-order valence-electron chi connectivity index (χ1n) is 6.36. The minimum absolute atomic E-state index is 0.229. The molecule has 0 aromatic heterocycles. The standard InChI is InChI=1S/C13H14F3N3O/c1-18-10-7-17-5-6-19(10)9-4-2-3-8(13(14,15)16)11(9)12(18)20/h2-4,10,17H,5-7H2,1H3/t10-/m1/s1. The third kappa shape index (κ3) is 1.84. The van der Waals surface area contributed by atoms with E-state index in [1.807, 2.05) is 4.90 Å². The second-order valence-electron chi connectivity index (χ2n) is 4.99. The number of anilines is 1. The summed E-state index contributed by atoms with van der Waals surface area (Å²) in [6.45, 7) is 1.82. The second-order valence-corrected chi connectivity index (χ2v) is 4.99. The number of rotatable bonds is 0. The molecular formula is C13H14F3N3O. The average molecular weight is 285 g/mol. The number of likely N-dealkylation sites (N-methyl/N-ethyl adjacent to an activating group) is 1. The molecule has 1 fully saturated rings. The topological polar surface area (TPSA) is 35.6 Å². The maximum absolute atomic E-state index is 13.1. The van der Waals surface area contributed by atoms with Gasteiger partial charge in [-0.05, 0) is 12.1 Å². The third-order valence-electron chi connectivity index (χ3n) is 3.85. The number of hydrogen-bond donors (Lipinski definition) is 1. The van der Waals surface area contributed by atoms with Crippen molar-refractivity contribution in [3.63, 3.8) is 0 Å². The van der Waals surface area contributed by atoms with Crippen molar-refractivity contribution in [3.05, 3.63) is 29.3 Å². The number of halogens is 3. The van der Waals surface area contributed by atoms with Crippen molar-refractivity contribution in [1.29, 1.82) is 0 Å². The zero-order chi connectivity index (χ0) is 14.5. The third-order valence-corrected chi connectivity index (χ3v) is 3.85. The highest BCUT2D eigenvalue weighted by atomic mass is 19.4. The Bertz CT molecular complexity index is 558. The molecule has 1 amide bonds. The van der Waals surface area contributed by atoms with Crippen molar-refractivity contribution < 1.29 is 18.0 Å². The van der Waals surface area contributed by atoms with E-state index in [0.29, 0.717) is 25.3 Å². The summed E-state index contributed by atoms with van der Waals surface area (Å²) in [5.41, 5.74) is -0.709. The molecule has 2 heterocycles. The normalized spacial score (nSPS) is 22.6. The largest absolute Gasteiger partial charge is 0.417 e. The number of carbonyl (C=O) groups excluding carboxylic acids is 1. The molecule has 0 bridgehead atoms. The molecule has 1 aromatic rings. The summed E-state index contributed by atoms with van der Waals surface area (Å²) in [5.74, 6) is -0.571. The van der Waals surface area contributed by atoms with Gasteiger partial charge in [-0.3, -0.25) is 4.79 Å². The van der Waals surface area contributed by atoms with Gasteiger partial charge in [0.15, 0.2) is 0 Å². The number of hydrogen-bond acceptors (Lipinski definition) is 3. The van der Waals surface area contributed by atoms with E-state index in [1.54, 1.807) is 13.1 Å². The van der Waals surface area contributed by atoms with Gasteiger partial charge in [0.1, 0.15) is 6.17 Å². The number of nitrogens with one attached hydrogen (secondary N) is 1. The van der Waals surface area contributed by atoms with Crippen molar-refractivity contribution in [1.82, 2.24) is 10.2 Å². The average Bonchev–Trinajstić information content (AvgIpc) is 2.43. The maximum Gasteiger partial charge on any atom is 0.417 e. The van der Waals surface area contributed by atoms with Gasteiger partial charge in [-0.1, -0.05) is 6.07 Å². The fourth-order valence-electron chi connectivity index (χ4n) is 2.87. The lowest BCUT2D eigenvalue weighted by atomic mass is 9.98. The van der Waals surface area contributed by atoms with Crippen LogP contribution in [-0.2, 0) is 6.18 Å². The zero-order valence-corrected chi connectivity index (χ0v) is 10.9. The fourth-order valence-corrected chi connectivity index (χ4v) is 2.87. The summed E-state index contributed by atoms with van der Waals surface area (Å²) >= 11 is 0. The Kier molecular flexibility index (Phi) is 2.89. The van der Waals surface area contributed by atoms with Gasteiger partial charge in [0.05, 0.1) is 16.8 Å². The molecule has 3 rings (SSSR count). The molecule has 1 saturated heterocycles. The van der Waals surface area contributed by atoms with E-state index < -0.39 is 17.6 Å². The molecule has 2 aliphatic heterocycles. The Labute approximate surface area is 114 Å². The monoisotopic (exact) mass is 285 g/mol. The maximum atomic E-state index is 13.1. The van der Waals surface area contributed by atoms with Gasteiger partial charge in [0, 0.05) is 26.7 Å². The molecule has 2 aliphatic rings. The van der Waals surface area contributed by atoms with Crippen LogP contribution in [0.4, 0.5) is 18.9 Å². The second kappa shape index (κ2) is 4.37. The van der Waals surface area contributed by atoms with Crippen molar-refractivity contribution in [2.24, 2.45) is 0 Å². The summed E-state index contributed by atoms with van der Waals surface area (Å²) in [5, 5.41) is 3.15. The lowest BCUT2D eigenvalue weighted by molar-refractivity contribution is -0.138. The SMILES string of the molecule is CN1C(=O)c2c(cccc2C(F)(F)F)N2CCNC[C@H]12. The van der Waals surface area contributed by atoms with Crippen LogP contribution in [0.3, 0.4) is 0 Å². The van der Waals surface area contributed by atoms with Crippen LogP contribution in [0, 0.1) is 0 Å².